The number of para-hydroxylation sites is 3. The summed E-state index contributed by atoms with van der Waals surface area (Å²) in [6, 6.07) is 13.0. The number of fused-ring (bicyclic) bond motifs is 1. The summed E-state index contributed by atoms with van der Waals surface area (Å²) >= 11 is 0. The van der Waals surface area contributed by atoms with Crippen LogP contribution in [0.1, 0.15) is 10.4 Å². The van der Waals surface area contributed by atoms with Crippen molar-refractivity contribution in [3.63, 3.8) is 0 Å². The summed E-state index contributed by atoms with van der Waals surface area (Å²) in [7, 11) is 1.24. The van der Waals surface area contributed by atoms with Crippen LogP contribution >= 0.6 is 0 Å². The number of aromatic nitrogens is 2. The van der Waals surface area contributed by atoms with Crippen LogP contribution in [0.3, 0.4) is 0 Å². The fourth-order valence-corrected chi connectivity index (χ4v) is 2.59. The highest BCUT2D eigenvalue weighted by atomic mass is 16.5. The van der Waals surface area contributed by atoms with E-state index < -0.39 is 23.0 Å². The second-order valence-corrected chi connectivity index (χ2v) is 5.45. The van der Waals surface area contributed by atoms with Gasteiger partial charge in [-0.3, -0.25) is 19.0 Å². The molecule has 0 aliphatic rings. The fraction of sp³-hybridized carbons (Fsp3) is 0.111. The second kappa shape index (κ2) is 7.06. The SMILES string of the molecule is COC(=O)c1ccccc1NC(=O)Cn1c(=O)c(=O)[nH]c2ccccc21. The van der Waals surface area contributed by atoms with Crippen LogP contribution in [-0.2, 0) is 16.1 Å². The molecule has 2 aromatic carbocycles. The van der Waals surface area contributed by atoms with Crippen LogP contribution in [0.4, 0.5) is 5.69 Å². The van der Waals surface area contributed by atoms with Gasteiger partial charge in [-0.05, 0) is 24.3 Å². The van der Waals surface area contributed by atoms with Gasteiger partial charge in [0.05, 0.1) is 29.4 Å². The van der Waals surface area contributed by atoms with E-state index in [1.807, 2.05) is 0 Å². The maximum Gasteiger partial charge on any atom is 0.339 e. The van der Waals surface area contributed by atoms with Gasteiger partial charge in [0.1, 0.15) is 6.54 Å². The lowest BCUT2D eigenvalue weighted by atomic mass is 10.2. The van der Waals surface area contributed by atoms with Crippen molar-refractivity contribution < 1.29 is 14.3 Å². The average Bonchev–Trinajstić information content (AvgIpc) is 2.65. The number of benzene rings is 2. The summed E-state index contributed by atoms with van der Waals surface area (Å²) in [6.07, 6.45) is 0. The number of anilines is 1. The van der Waals surface area contributed by atoms with Gasteiger partial charge >= 0.3 is 17.1 Å². The van der Waals surface area contributed by atoms with E-state index in [1.165, 1.54) is 13.2 Å². The number of ether oxygens (including phenoxy) is 1. The highest BCUT2D eigenvalue weighted by molar-refractivity contribution is 6.01. The van der Waals surface area contributed by atoms with Gasteiger partial charge in [0.25, 0.3) is 0 Å². The zero-order chi connectivity index (χ0) is 18.7. The predicted molar refractivity (Wildman–Crippen MR) is 95.2 cm³/mol. The molecule has 132 valence electrons. The number of methoxy groups -OCH3 is 1. The summed E-state index contributed by atoms with van der Waals surface area (Å²) in [4.78, 5) is 50.6. The Morgan fingerprint density at radius 1 is 1.08 bits per heavy atom. The number of esters is 1. The van der Waals surface area contributed by atoms with Gasteiger partial charge < -0.3 is 15.0 Å². The number of aromatic amines is 1. The minimum absolute atomic E-state index is 0.187. The first-order chi connectivity index (χ1) is 12.5. The highest BCUT2D eigenvalue weighted by Crippen LogP contribution is 2.16. The normalized spacial score (nSPS) is 10.5. The molecule has 3 rings (SSSR count). The molecule has 1 aromatic heterocycles. The van der Waals surface area contributed by atoms with Crippen LogP contribution in [0.2, 0.25) is 0 Å². The maximum atomic E-state index is 12.4. The molecule has 8 heteroatoms. The van der Waals surface area contributed by atoms with E-state index in [2.05, 4.69) is 15.0 Å². The Morgan fingerprint density at radius 2 is 1.77 bits per heavy atom. The number of nitrogens with zero attached hydrogens (tertiary/aromatic N) is 1. The third-order valence-electron chi connectivity index (χ3n) is 3.79. The zero-order valence-electron chi connectivity index (χ0n) is 13.8. The number of amides is 1. The van der Waals surface area contributed by atoms with Gasteiger partial charge in [-0.1, -0.05) is 24.3 Å². The number of hydrogen-bond acceptors (Lipinski definition) is 5. The molecule has 26 heavy (non-hydrogen) atoms. The molecule has 1 amide bonds. The second-order valence-electron chi connectivity index (χ2n) is 5.45. The Morgan fingerprint density at radius 3 is 2.54 bits per heavy atom. The molecular weight excluding hydrogens is 338 g/mol. The van der Waals surface area contributed by atoms with E-state index in [1.54, 1.807) is 42.5 Å². The van der Waals surface area contributed by atoms with Crippen molar-refractivity contribution in [1.29, 1.82) is 0 Å². The van der Waals surface area contributed by atoms with Crippen molar-refractivity contribution in [3.8, 4) is 0 Å². The molecule has 0 fully saturated rings. The van der Waals surface area contributed by atoms with E-state index in [0.29, 0.717) is 11.0 Å². The molecule has 0 aliphatic carbocycles. The molecule has 3 aromatic rings. The van der Waals surface area contributed by atoms with E-state index >= 15 is 0 Å². The summed E-state index contributed by atoms with van der Waals surface area (Å²) in [5.74, 6) is -1.15. The van der Waals surface area contributed by atoms with Crippen LogP contribution in [0.25, 0.3) is 11.0 Å². The fourth-order valence-electron chi connectivity index (χ4n) is 2.59. The molecule has 2 N–H and O–H groups in total. The first-order valence-electron chi connectivity index (χ1n) is 7.70. The molecule has 0 atom stereocenters. The highest BCUT2D eigenvalue weighted by Gasteiger charge is 2.15. The standard InChI is InChI=1S/C18H15N3O5/c1-26-18(25)11-6-2-3-7-12(11)19-15(22)10-21-14-9-5-4-8-13(14)20-16(23)17(21)24/h2-9H,10H2,1H3,(H,19,22)(H,20,23). The van der Waals surface area contributed by atoms with Gasteiger partial charge in [0.2, 0.25) is 5.91 Å². The van der Waals surface area contributed by atoms with Crippen molar-refractivity contribution in [2.75, 3.05) is 12.4 Å². The lowest BCUT2D eigenvalue weighted by molar-refractivity contribution is -0.116. The third kappa shape index (κ3) is 3.25. The third-order valence-corrected chi connectivity index (χ3v) is 3.79. The number of carbonyl (C=O) groups excluding carboxylic acids is 2. The zero-order valence-corrected chi connectivity index (χ0v) is 13.8. The number of rotatable bonds is 4. The first kappa shape index (κ1) is 17.2. The van der Waals surface area contributed by atoms with Crippen LogP contribution in [0.15, 0.2) is 58.1 Å². The molecule has 0 unspecified atom stereocenters. The summed E-state index contributed by atoms with van der Waals surface area (Å²) < 4.78 is 5.77. The lowest BCUT2D eigenvalue weighted by Gasteiger charge is -2.12. The van der Waals surface area contributed by atoms with Crippen molar-refractivity contribution in [2.45, 2.75) is 6.54 Å². The van der Waals surface area contributed by atoms with E-state index in [-0.39, 0.29) is 17.8 Å². The smallest absolute Gasteiger partial charge is 0.339 e. The van der Waals surface area contributed by atoms with Crippen molar-refractivity contribution in [1.82, 2.24) is 9.55 Å². The molecule has 0 aliphatic heterocycles. The average molecular weight is 353 g/mol. The molecule has 8 nitrogen and oxygen atoms in total. The van der Waals surface area contributed by atoms with Crippen LogP contribution in [0, 0.1) is 0 Å². The summed E-state index contributed by atoms with van der Waals surface area (Å²) in [5.41, 5.74) is -0.335. The van der Waals surface area contributed by atoms with Crippen molar-refractivity contribution in [3.05, 3.63) is 74.8 Å². The summed E-state index contributed by atoms with van der Waals surface area (Å²) in [5, 5.41) is 2.57. The van der Waals surface area contributed by atoms with Crippen LogP contribution < -0.4 is 16.4 Å². The van der Waals surface area contributed by atoms with E-state index in [4.69, 9.17) is 0 Å². The first-order valence-corrected chi connectivity index (χ1v) is 7.70. The van der Waals surface area contributed by atoms with Crippen LogP contribution in [-0.4, -0.2) is 28.5 Å². The van der Waals surface area contributed by atoms with Crippen molar-refractivity contribution in [2.24, 2.45) is 0 Å². The molecule has 1 heterocycles. The number of hydrogen-bond donors (Lipinski definition) is 2. The molecule has 0 radical (unpaired) electrons. The molecule has 0 spiro atoms. The van der Waals surface area contributed by atoms with Crippen LogP contribution in [0.5, 0.6) is 0 Å². The number of carbonyl (C=O) groups is 2. The van der Waals surface area contributed by atoms with Gasteiger partial charge in [-0.15, -0.1) is 0 Å². The molecule has 0 saturated heterocycles. The van der Waals surface area contributed by atoms with Gasteiger partial charge in [0, 0.05) is 0 Å². The maximum absolute atomic E-state index is 12.4. The molecule has 0 saturated carbocycles. The predicted octanol–water partition coefficient (Wildman–Crippen LogP) is 1.12. The lowest BCUT2D eigenvalue weighted by Crippen LogP contribution is -2.38. The van der Waals surface area contributed by atoms with Gasteiger partial charge in [-0.25, -0.2) is 4.79 Å². The van der Waals surface area contributed by atoms with Gasteiger partial charge in [0.15, 0.2) is 0 Å². The molecular formula is C18H15N3O5. The number of H-pyrrole nitrogens is 1. The Kier molecular flexibility index (Phi) is 4.66. The topological polar surface area (TPSA) is 110 Å². The van der Waals surface area contributed by atoms with E-state index in [0.717, 1.165) is 4.57 Å². The minimum Gasteiger partial charge on any atom is -0.465 e. The largest absolute Gasteiger partial charge is 0.465 e. The van der Waals surface area contributed by atoms with Gasteiger partial charge in [-0.2, -0.15) is 0 Å². The Labute approximate surface area is 147 Å². The Hall–Kier alpha value is -3.68. The van der Waals surface area contributed by atoms with E-state index in [9.17, 15) is 19.2 Å². The monoisotopic (exact) mass is 353 g/mol. The number of nitrogens with one attached hydrogen (secondary N) is 2. The quantitative estimate of drug-likeness (QED) is 0.539. The molecule has 0 bridgehead atoms. The Balaban J connectivity index is 1.94. The van der Waals surface area contributed by atoms with Crippen molar-refractivity contribution >= 4 is 28.6 Å². The Bertz CT molecular complexity index is 1110. The minimum atomic E-state index is -0.833. The summed E-state index contributed by atoms with van der Waals surface area (Å²) in [6.45, 7) is -0.376.